The van der Waals surface area contributed by atoms with E-state index in [0.717, 1.165) is 26.8 Å². The number of benzene rings is 2. The molecule has 5 heteroatoms. The summed E-state index contributed by atoms with van der Waals surface area (Å²) in [5.74, 6) is -0.118. The lowest BCUT2D eigenvalue weighted by atomic mass is 10.1. The Morgan fingerprint density at radius 3 is 2.48 bits per heavy atom. The minimum Gasteiger partial charge on any atom is -1.00 e. The Labute approximate surface area is 176 Å². The third-order valence-electron chi connectivity index (χ3n) is 4.96. The van der Waals surface area contributed by atoms with Crippen LogP contribution in [-0.4, -0.2) is 30.5 Å². The molecule has 0 saturated carbocycles. The smallest absolute Gasteiger partial charge is 0.248 e. The Morgan fingerprint density at radius 2 is 1.81 bits per heavy atom. The Morgan fingerprint density at radius 1 is 1.11 bits per heavy atom. The number of nitrogens with zero attached hydrogens (tertiary/aromatic N) is 1. The van der Waals surface area contributed by atoms with E-state index in [9.17, 15) is 4.79 Å². The third kappa shape index (κ3) is 6.80. The van der Waals surface area contributed by atoms with Crippen LogP contribution >= 0.6 is 15.9 Å². The summed E-state index contributed by atoms with van der Waals surface area (Å²) in [4.78, 5) is 12.1. The van der Waals surface area contributed by atoms with Crippen LogP contribution in [0.25, 0.3) is 6.08 Å². The molecule has 1 amide bonds. The van der Waals surface area contributed by atoms with Gasteiger partial charge < -0.3 is 22.2 Å². The van der Waals surface area contributed by atoms with Gasteiger partial charge in [0.2, 0.25) is 5.91 Å². The molecule has 0 unspecified atom stereocenters. The first-order chi connectivity index (χ1) is 12.5. The van der Waals surface area contributed by atoms with Gasteiger partial charge in [-0.15, -0.1) is 0 Å². The average Bonchev–Trinajstić information content (AvgIpc) is 2.62. The van der Waals surface area contributed by atoms with Crippen LogP contribution in [0.1, 0.15) is 30.4 Å². The standard InChI is InChI=1S/C22H25BrN2O.ClH/c1-25(14-3-2-4-15-25)17-19-8-11-21(12-9-19)24-22(26)13-10-18-6-5-7-20(23)16-18;/h5-13,16H,2-4,14-15,17H2,1H3;1H/b13-10+;. The molecular formula is C22H26BrClN2O. The van der Waals surface area contributed by atoms with Crippen LogP contribution in [0.3, 0.4) is 0 Å². The van der Waals surface area contributed by atoms with Gasteiger partial charge in [-0.3, -0.25) is 4.79 Å². The Balaban J connectivity index is 0.00000261. The molecule has 144 valence electrons. The van der Waals surface area contributed by atoms with Gasteiger partial charge in [0.05, 0.1) is 20.1 Å². The molecule has 3 rings (SSSR count). The Hall–Kier alpha value is -1.62. The lowest BCUT2D eigenvalue weighted by molar-refractivity contribution is -0.926. The van der Waals surface area contributed by atoms with Gasteiger partial charge in [0.15, 0.2) is 0 Å². The van der Waals surface area contributed by atoms with E-state index < -0.39 is 0 Å². The van der Waals surface area contributed by atoms with Crippen LogP contribution in [0.15, 0.2) is 59.1 Å². The third-order valence-corrected chi connectivity index (χ3v) is 5.45. The normalized spacial score (nSPS) is 15.9. The van der Waals surface area contributed by atoms with Gasteiger partial charge in [-0.1, -0.05) is 40.2 Å². The van der Waals surface area contributed by atoms with Crippen molar-refractivity contribution in [2.24, 2.45) is 0 Å². The van der Waals surface area contributed by atoms with Gasteiger partial charge >= 0.3 is 0 Å². The zero-order valence-corrected chi connectivity index (χ0v) is 18.0. The minimum atomic E-state index is -0.118. The van der Waals surface area contributed by atoms with E-state index in [2.05, 4.69) is 40.4 Å². The number of carbonyl (C=O) groups excluding carboxylic acids is 1. The second-order valence-electron chi connectivity index (χ2n) is 7.36. The Bertz CT molecular complexity index is 783. The molecule has 0 spiro atoms. The van der Waals surface area contributed by atoms with Crippen molar-refractivity contribution in [3.8, 4) is 0 Å². The maximum atomic E-state index is 12.1. The van der Waals surface area contributed by atoms with Crippen molar-refractivity contribution in [3.05, 3.63) is 70.2 Å². The maximum absolute atomic E-state index is 12.1. The fraction of sp³-hybridized carbons (Fsp3) is 0.318. The fourth-order valence-electron chi connectivity index (χ4n) is 3.53. The van der Waals surface area contributed by atoms with Crippen LogP contribution in [-0.2, 0) is 11.3 Å². The summed E-state index contributed by atoms with van der Waals surface area (Å²) in [7, 11) is 2.35. The monoisotopic (exact) mass is 448 g/mol. The molecule has 0 atom stereocenters. The number of nitrogens with one attached hydrogen (secondary N) is 1. The summed E-state index contributed by atoms with van der Waals surface area (Å²) in [6.45, 7) is 3.59. The number of anilines is 1. The van der Waals surface area contributed by atoms with Gasteiger partial charge in [0.25, 0.3) is 0 Å². The van der Waals surface area contributed by atoms with Crippen LogP contribution in [0.2, 0.25) is 0 Å². The maximum Gasteiger partial charge on any atom is 0.248 e. The minimum absolute atomic E-state index is 0. The molecule has 0 aromatic heterocycles. The number of amides is 1. The van der Waals surface area contributed by atoms with Gasteiger partial charge in [-0.2, -0.15) is 0 Å². The summed E-state index contributed by atoms with van der Waals surface area (Å²) < 4.78 is 2.13. The quantitative estimate of drug-likeness (QED) is 0.550. The Kier molecular flexibility index (Phi) is 8.08. The number of piperidine rings is 1. The summed E-state index contributed by atoms with van der Waals surface area (Å²) in [6.07, 6.45) is 7.40. The number of quaternary nitrogens is 1. The number of rotatable bonds is 5. The molecule has 2 aromatic carbocycles. The second kappa shape index (κ2) is 10.1. The van der Waals surface area contributed by atoms with Crippen LogP contribution < -0.4 is 17.7 Å². The van der Waals surface area contributed by atoms with Gasteiger partial charge in [0.1, 0.15) is 6.54 Å². The SMILES string of the molecule is C[N+]1(Cc2ccc(NC(=O)/C=C/c3cccc(Br)c3)cc2)CCCCC1.[Cl-]. The van der Waals surface area contributed by atoms with Gasteiger partial charge in [0, 0.05) is 21.8 Å². The summed E-state index contributed by atoms with van der Waals surface area (Å²) in [5.41, 5.74) is 3.15. The summed E-state index contributed by atoms with van der Waals surface area (Å²) >= 11 is 3.43. The number of hydrogen-bond donors (Lipinski definition) is 1. The summed E-state index contributed by atoms with van der Waals surface area (Å²) in [6, 6.07) is 16.1. The van der Waals surface area contributed by atoms with Gasteiger partial charge in [-0.25, -0.2) is 0 Å². The zero-order chi connectivity index (χ0) is 18.4. The number of carbonyl (C=O) groups is 1. The van der Waals surface area contributed by atoms with E-state index in [1.165, 1.54) is 37.9 Å². The van der Waals surface area contributed by atoms with E-state index in [1.54, 1.807) is 6.08 Å². The molecule has 1 heterocycles. The van der Waals surface area contributed by atoms with E-state index in [-0.39, 0.29) is 18.3 Å². The highest BCUT2D eigenvalue weighted by Gasteiger charge is 2.24. The molecule has 27 heavy (non-hydrogen) atoms. The van der Waals surface area contributed by atoms with E-state index >= 15 is 0 Å². The highest BCUT2D eigenvalue weighted by molar-refractivity contribution is 9.10. The molecule has 1 aliphatic heterocycles. The first-order valence-corrected chi connectivity index (χ1v) is 9.99. The molecule has 1 fully saturated rings. The molecule has 1 aliphatic rings. The predicted molar refractivity (Wildman–Crippen MR) is 112 cm³/mol. The zero-order valence-electron chi connectivity index (χ0n) is 15.6. The van der Waals surface area contributed by atoms with Crippen molar-refractivity contribution in [1.82, 2.24) is 0 Å². The topological polar surface area (TPSA) is 29.1 Å². The van der Waals surface area contributed by atoms with Crippen molar-refractivity contribution < 1.29 is 21.7 Å². The van der Waals surface area contributed by atoms with E-state index in [0.29, 0.717) is 0 Å². The van der Waals surface area contributed by atoms with Crippen molar-refractivity contribution >= 4 is 33.6 Å². The lowest BCUT2D eigenvalue weighted by Gasteiger charge is -2.37. The molecule has 0 aliphatic carbocycles. The second-order valence-corrected chi connectivity index (χ2v) is 8.28. The molecule has 0 radical (unpaired) electrons. The highest BCUT2D eigenvalue weighted by Crippen LogP contribution is 2.21. The number of hydrogen-bond acceptors (Lipinski definition) is 1. The van der Waals surface area contributed by atoms with Crippen molar-refractivity contribution in [2.45, 2.75) is 25.8 Å². The predicted octanol–water partition coefficient (Wildman–Crippen LogP) is 2.24. The number of halogens is 2. The van der Waals surface area contributed by atoms with E-state index in [4.69, 9.17) is 0 Å². The van der Waals surface area contributed by atoms with Crippen LogP contribution in [0.4, 0.5) is 5.69 Å². The first kappa shape index (κ1) is 21.7. The van der Waals surface area contributed by atoms with Crippen molar-refractivity contribution in [3.63, 3.8) is 0 Å². The molecule has 1 N–H and O–H groups in total. The molecule has 3 nitrogen and oxygen atoms in total. The van der Waals surface area contributed by atoms with Crippen LogP contribution in [0.5, 0.6) is 0 Å². The molecule has 1 saturated heterocycles. The lowest BCUT2D eigenvalue weighted by Crippen LogP contribution is -3.00. The molecule has 0 bridgehead atoms. The van der Waals surface area contributed by atoms with Gasteiger partial charge in [-0.05, 0) is 55.2 Å². The van der Waals surface area contributed by atoms with Crippen molar-refractivity contribution in [2.75, 3.05) is 25.5 Å². The highest BCUT2D eigenvalue weighted by atomic mass is 79.9. The first-order valence-electron chi connectivity index (χ1n) is 9.20. The summed E-state index contributed by atoms with van der Waals surface area (Å²) in [5, 5.41) is 2.92. The van der Waals surface area contributed by atoms with Crippen LogP contribution in [0, 0.1) is 0 Å². The number of likely N-dealkylation sites (tertiary alicyclic amines) is 1. The molecule has 2 aromatic rings. The van der Waals surface area contributed by atoms with Crippen molar-refractivity contribution in [1.29, 1.82) is 0 Å². The average molecular weight is 450 g/mol. The fourth-order valence-corrected chi connectivity index (χ4v) is 3.95. The largest absolute Gasteiger partial charge is 1.00 e. The molecular weight excluding hydrogens is 424 g/mol. The van der Waals surface area contributed by atoms with E-state index in [1.807, 2.05) is 42.5 Å².